The molecular weight excluding hydrogens is 358 g/mol. The van der Waals surface area contributed by atoms with Crippen LogP contribution >= 0.6 is 15.9 Å². The molecule has 2 rings (SSSR count). The minimum atomic E-state index is -3.92. The van der Waals surface area contributed by atoms with Gasteiger partial charge in [0.1, 0.15) is 4.90 Å². The van der Waals surface area contributed by atoms with Crippen LogP contribution in [-0.2, 0) is 9.84 Å². The number of nitrogens with zero attached hydrogens (tertiary/aromatic N) is 1. The molecule has 0 N–H and O–H groups in total. The highest BCUT2D eigenvalue weighted by Crippen LogP contribution is 2.41. The van der Waals surface area contributed by atoms with E-state index in [4.69, 9.17) is 0 Å². The molecule has 0 radical (unpaired) electrons. The van der Waals surface area contributed by atoms with Crippen molar-refractivity contribution in [1.29, 1.82) is 0 Å². The minimum Gasteiger partial charge on any atom is -0.258 e. The predicted molar refractivity (Wildman–Crippen MR) is 83.6 cm³/mol. The average molecular weight is 368 g/mol. The van der Waals surface area contributed by atoms with E-state index in [0.717, 1.165) is 0 Å². The normalized spacial score (nSPS) is 11.1. The van der Waals surface area contributed by atoms with Gasteiger partial charge in [0.15, 0.2) is 0 Å². The fourth-order valence-electron chi connectivity index (χ4n) is 1.93. The molecule has 0 fully saturated rings. The summed E-state index contributed by atoms with van der Waals surface area (Å²) in [5.41, 5.74) is 0.316. The van der Waals surface area contributed by atoms with Crippen LogP contribution in [-0.4, -0.2) is 13.3 Å². The van der Waals surface area contributed by atoms with Gasteiger partial charge in [0.05, 0.1) is 10.5 Å². The smallest absolute Gasteiger partial charge is 0.258 e. The molecule has 0 saturated heterocycles. The molecule has 0 spiro atoms. The fourth-order valence-corrected chi connectivity index (χ4v) is 3.36. The molecule has 0 heterocycles. The quantitative estimate of drug-likeness (QED) is 0.605. The van der Waals surface area contributed by atoms with Crippen LogP contribution in [0.2, 0.25) is 0 Å². The molecule has 0 bridgehead atoms. The lowest BCUT2D eigenvalue weighted by atomic mass is 10.0. The van der Waals surface area contributed by atoms with Crippen LogP contribution in [0.3, 0.4) is 0 Å². The second-order valence-corrected chi connectivity index (χ2v) is 6.82. The molecule has 0 aliphatic carbocycles. The summed E-state index contributed by atoms with van der Waals surface area (Å²) in [6.07, 6.45) is 0. The van der Waals surface area contributed by atoms with Gasteiger partial charge in [-0.15, -0.1) is 0 Å². The van der Waals surface area contributed by atoms with Crippen molar-refractivity contribution < 1.29 is 13.3 Å². The molecule has 0 amide bonds. The SMILES string of the molecule is C=CS(=O)(=O)c1ccc(Br)c(-c2ccccc2)c1[N+](=O)[O-]. The lowest BCUT2D eigenvalue weighted by Gasteiger charge is -2.09. The summed E-state index contributed by atoms with van der Waals surface area (Å²) in [6.45, 7) is 3.21. The molecule has 0 aromatic heterocycles. The maximum absolute atomic E-state index is 12.0. The largest absolute Gasteiger partial charge is 0.297 e. The van der Waals surface area contributed by atoms with Gasteiger partial charge in [-0.05, 0) is 33.6 Å². The Balaban J connectivity index is 2.92. The molecule has 0 saturated carbocycles. The molecule has 0 aliphatic rings. The number of halogens is 1. The Morgan fingerprint density at radius 2 is 1.76 bits per heavy atom. The number of hydrogen-bond acceptors (Lipinski definition) is 4. The van der Waals surface area contributed by atoms with E-state index in [-0.39, 0.29) is 10.5 Å². The van der Waals surface area contributed by atoms with E-state index in [9.17, 15) is 18.5 Å². The first kappa shape index (κ1) is 15.4. The van der Waals surface area contributed by atoms with Gasteiger partial charge in [-0.2, -0.15) is 0 Å². The van der Waals surface area contributed by atoms with Crippen LogP contribution in [0.1, 0.15) is 0 Å². The first-order chi connectivity index (χ1) is 9.88. The lowest BCUT2D eigenvalue weighted by molar-refractivity contribution is -0.387. The zero-order valence-electron chi connectivity index (χ0n) is 10.7. The second kappa shape index (κ2) is 5.79. The van der Waals surface area contributed by atoms with Crippen LogP contribution in [0.4, 0.5) is 5.69 Å². The summed E-state index contributed by atoms with van der Waals surface area (Å²) in [5, 5.41) is 12.1. The zero-order valence-corrected chi connectivity index (χ0v) is 13.1. The van der Waals surface area contributed by atoms with Crippen molar-refractivity contribution in [3.05, 3.63) is 69.0 Å². The molecule has 0 aliphatic heterocycles. The summed E-state index contributed by atoms with van der Waals surface area (Å²) in [6, 6.07) is 11.3. The highest BCUT2D eigenvalue weighted by atomic mass is 79.9. The molecule has 7 heteroatoms. The number of nitro groups is 1. The summed E-state index contributed by atoms with van der Waals surface area (Å²) >= 11 is 3.25. The monoisotopic (exact) mass is 367 g/mol. The first-order valence-corrected chi connectivity index (χ1v) is 8.12. The Kier molecular flexibility index (Phi) is 4.24. The zero-order chi connectivity index (χ0) is 15.6. The maximum atomic E-state index is 12.0. The van der Waals surface area contributed by atoms with E-state index in [0.29, 0.717) is 15.4 Å². The molecule has 0 unspecified atom stereocenters. The number of nitro benzene ring substituents is 1. The molecule has 2 aromatic rings. The van der Waals surface area contributed by atoms with E-state index < -0.39 is 20.4 Å². The van der Waals surface area contributed by atoms with Crippen LogP contribution in [0.5, 0.6) is 0 Å². The first-order valence-electron chi connectivity index (χ1n) is 5.78. The van der Waals surface area contributed by atoms with Crippen LogP contribution in [0.15, 0.2) is 63.8 Å². The summed E-state index contributed by atoms with van der Waals surface area (Å²) in [4.78, 5) is 10.4. The molecule has 5 nitrogen and oxygen atoms in total. The number of sulfone groups is 1. The van der Waals surface area contributed by atoms with E-state index in [2.05, 4.69) is 22.5 Å². The second-order valence-electron chi connectivity index (χ2n) is 4.10. The summed E-state index contributed by atoms with van der Waals surface area (Å²) < 4.78 is 24.4. The van der Waals surface area contributed by atoms with Gasteiger partial charge in [0.25, 0.3) is 5.69 Å². The van der Waals surface area contributed by atoms with Gasteiger partial charge >= 0.3 is 0 Å². The van der Waals surface area contributed by atoms with Gasteiger partial charge in [-0.1, -0.05) is 36.9 Å². The van der Waals surface area contributed by atoms with Crippen molar-refractivity contribution >= 4 is 31.5 Å². The number of benzene rings is 2. The molecule has 21 heavy (non-hydrogen) atoms. The number of rotatable bonds is 4. The van der Waals surface area contributed by atoms with Crippen molar-refractivity contribution in [2.45, 2.75) is 4.90 Å². The van der Waals surface area contributed by atoms with Crippen molar-refractivity contribution in [2.24, 2.45) is 0 Å². The number of hydrogen-bond donors (Lipinski definition) is 0. The van der Waals surface area contributed by atoms with Crippen LogP contribution < -0.4 is 0 Å². The topological polar surface area (TPSA) is 77.3 Å². The van der Waals surface area contributed by atoms with Crippen molar-refractivity contribution in [3.8, 4) is 11.1 Å². The van der Waals surface area contributed by atoms with Crippen molar-refractivity contribution in [3.63, 3.8) is 0 Å². The Labute approximate surface area is 130 Å². The Morgan fingerprint density at radius 1 is 1.14 bits per heavy atom. The van der Waals surface area contributed by atoms with Crippen molar-refractivity contribution in [2.75, 3.05) is 0 Å². The minimum absolute atomic E-state index is 0.225. The highest BCUT2D eigenvalue weighted by Gasteiger charge is 2.29. The Morgan fingerprint density at radius 3 is 2.29 bits per heavy atom. The predicted octanol–water partition coefficient (Wildman–Crippen LogP) is 3.94. The van der Waals surface area contributed by atoms with Gasteiger partial charge in [0, 0.05) is 9.88 Å². The van der Waals surface area contributed by atoms with Crippen LogP contribution in [0, 0.1) is 10.1 Å². The summed E-state index contributed by atoms with van der Waals surface area (Å²) in [5.74, 6) is 0. The third-order valence-electron chi connectivity index (χ3n) is 2.86. The van der Waals surface area contributed by atoms with Gasteiger partial charge in [0.2, 0.25) is 9.84 Å². The molecule has 0 atom stereocenters. The molecular formula is C14H10BrNO4S. The van der Waals surface area contributed by atoms with E-state index in [1.165, 1.54) is 12.1 Å². The van der Waals surface area contributed by atoms with E-state index in [1.807, 2.05) is 0 Å². The standard InChI is InChI=1S/C14H10BrNO4S/c1-2-21(19,20)12-9-8-11(15)13(14(12)16(17)18)10-6-4-3-5-7-10/h2-9H,1H2. The summed E-state index contributed by atoms with van der Waals surface area (Å²) in [7, 11) is -3.92. The molecule has 2 aromatic carbocycles. The Bertz CT molecular complexity index is 816. The van der Waals surface area contributed by atoms with Gasteiger partial charge in [-0.3, -0.25) is 10.1 Å². The third kappa shape index (κ3) is 2.88. The van der Waals surface area contributed by atoms with E-state index in [1.54, 1.807) is 30.3 Å². The van der Waals surface area contributed by atoms with Gasteiger partial charge in [-0.25, -0.2) is 8.42 Å². The Hall–Kier alpha value is -1.99. The van der Waals surface area contributed by atoms with Crippen LogP contribution in [0.25, 0.3) is 11.1 Å². The highest BCUT2D eigenvalue weighted by molar-refractivity contribution is 9.10. The maximum Gasteiger partial charge on any atom is 0.297 e. The van der Waals surface area contributed by atoms with Gasteiger partial charge < -0.3 is 0 Å². The van der Waals surface area contributed by atoms with E-state index >= 15 is 0 Å². The molecule has 108 valence electrons. The average Bonchev–Trinajstić information content (AvgIpc) is 2.47. The van der Waals surface area contributed by atoms with Crippen molar-refractivity contribution in [1.82, 2.24) is 0 Å². The fraction of sp³-hybridized carbons (Fsp3) is 0. The third-order valence-corrected chi connectivity index (χ3v) is 4.90. The lowest BCUT2D eigenvalue weighted by Crippen LogP contribution is -2.04.